The first-order valence-corrected chi connectivity index (χ1v) is 16.4. The van der Waals surface area contributed by atoms with E-state index in [4.69, 9.17) is 0 Å². The van der Waals surface area contributed by atoms with Gasteiger partial charge in [-0.15, -0.1) is 0 Å². The molecule has 0 saturated heterocycles. The molecule has 0 aliphatic carbocycles. The Balaban J connectivity index is 1.90. The van der Waals surface area contributed by atoms with Crippen LogP contribution in [0.4, 0.5) is 5.69 Å². The molecule has 0 heterocycles. The zero-order valence-corrected chi connectivity index (χ0v) is 26.8. The van der Waals surface area contributed by atoms with Crippen molar-refractivity contribution in [3.05, 3.63) is 99.5 Å². The van der Waals surface area contributed by atoms with Gasteiger partial charge >= 0.3 is 0 Å². The van der Waals surface area contributed by atoms with Gasteiger partial charge in [-0.1, -0.05) is 70.5 Å². The van der Waals surface area contributed by atoms with Crippen LogP contribution in [0.25, 0.3) is 0 Å². The Morgan fingerprint density at radius 2 is 1.61 bits per heavy atom. The number of amides is 2. The molecule has 1 atom stereocenters. The smallest absolute Gasteiger partial charge is 0.243 e. The van der Waals surface area contributed by atoms with Gasteiger partial charge in [0.15, 0.2) is 0 Å². The van der Waals surface area contributed by atoms with Gasteiger partial charge in [-0.05, 0) is 74.6 Å². The summed E-state index contributed by atoms with van der Waals surface area (Å²) in [6, 6.07) is 22.2. The van der Waals surface area contributed by atoms with Gasteiger partial charge in [0.05, 0.1) is 11.9 Å². The predicted molar refractivity (Wildman–Crippen MR) is 169 cm³/mol. The molecule has 1 N–H and O–H groups in total. The van der Waals surface area contributed by atoms with Crippen molar-refractivity contribution >= 4 is 43.5 Å². The summed E-state index contributed by atoms with van der Waals surface area (Å²) in [5, 5.41) is 2.99. The molecular weight excluding hydrogens is 602 g/mol. The first-order valence-electron chi connectivity index (χ1n) is 13.8. The van der Waals surface area contributed by atoms with Crippen molar-refractivity contribution in [2.24, 2.45) is 0 Å². The lowest BCUT2D eigenvalue weighted by atomic mass is 10.0. The van der Waals surface area contributed by atoms with Crippen molar-refractivity contribution in [3.63, 3.8) is 0 Å². The van der Waals surface area contributed by atoms with Crippen LogP contribution in [0.5, 0.6) is 0 Å². The molecule has 0 aliphatic rings. The Labute approximate surface area is 253 Å². The molecule has 0 saturated carbocycles. The minimum absolute atomic E-state index is 0.0884. The van der Waals surface area contributed by atoms with Crippen molar-refractivity contribution in [1.82, 2.24) is 10.2 Å². The van der Waals surface area contributed by atoms with Gasteiger partial charge in [0.25, 0.3) is 0 Å². The van der Waals surface area contributed by atoms with Crippen molar-refractivity contribution in [2.75, 3.05) is 17.1 Å². The zero-order valence-electron chi connectivity index (χ0n) is 24.4. The van der Waals surface area contributed by atoms with Gasteiger partial charge in [-0.2, -0.15) is 0 Å². The van der Waals surface area contributed by atoms with E-state index in [1.54, 1.807) is 4.90 Å². The summed E-state index contributed by atoms with van der Waals surface area (Å²) in [6.45, 7) is 7.98. The van der Waals surface area contributed by atoms with Crippen LogP contribution in [0.3, 0.4) is 0 Å². The lowest BCUT2D eigenvalue weighted by Gasteiger charge is -2.32. The number of hydrogen-bond acceptors (Lipinski definition) is 4. The lowest BCUT2D eigenvalue weighted by molar-refractivity contribution is -0.141. The highest BCUT2D eigenvalue weighted by Crippen LogP contribution is 2.25. The average molecular weight is 643 g/mol. The van der Waals surface area contributed by atoms with Crippen molar-refractivity contribution < 1.29 is 18.0 Å². The number of nitrogens with zero attached hydrogens (tertiary/aromatic N) is 2. The minimum Gasteiger partial charge on any atom is -0.352 e. The molecule has 0 spiro atoms. The minimum atomic E-state index is -3.57. The number of carbonyl (C=O) groups excluding carboxylic acids is 2. The van der Waals surface area contributed by atoms with Crippen LogP contribution in [0.2, 0.25) is 0 Å². The topological polar surface area (TPSA) is 86.8 Å². The number of hydrogen-bond donors (Lipinski definition) is 1. The van der Waals surface area contributed by atoms with E-state index in [1.165, 1.54) is 10.6 Å². The van der Waals surface area contributed by atoms with Gasteiger partial charge in [0.1, 0.15) is 6.04 Å². The third kappa shape index (κ3) is 9.71. The van der Waals surface area contributed by atoms with Crippen LogP contribution in [0.15, 0.2) is 77.3 Å². The van der Waals surface area contributed by atoms with E-state index in [0.717, 1.165) is 26.7 Å². The van der Waals surface area contributed by atoms with E-state index in [2.05, 4.69) is 21.2 Å². The Morgan fingerprint density at radius 3 is 2.24 bits per heavy atom. The fourth-order valence-corrected chi connectivity index (χ4v) is 6.20. The maximum atomic E-state index is 13.9. The highest BCUT2D eigenvalue weighted by Gasteiger charge is 2.31. The molecule has 0 radical (unpaired) electrons. The third-order valence-corrected chi connectivity index (χ3v) is 8.40. The Hall–Kier alpha value is -3.17. The van der Waals surface area contributed by atoms with Gasteiger partial charge in [-0.3, -0.25) is 13.9 Å². The lowest BCUT2D eigenvalue weighted by Crippen LogP contribution is -2.51. The van der Waals surface area contributed by atoms with Crippen LogP contribution in [-0.4, -0.2) is 50.0 Å². The van der Waals surface area contributed by atoms with E-state index in [-0.39, 0.29) is 37.4 Å². The Kier molecular flexibility index (Phi) is 11.5. The predicted octanol–water partition coefficient (Wildman–Crippen LogP) is 5.78. The maximum absolute atomic E-state index is 13.9. The molecule has 7 nitrogen and oxygen atoms in total. The number of rotatable bonds is 13. The highest BCUT2D eigenvalue weighted by molar-refractivity contribution is 9.10. The normalized spacial score (nSPS) is 12.2. The number of benzene rings is 3. The molecule has 220 valence electrons. The third-order valence-electron chi connectivity index (χ3n) is 6.73. The quantitative estimate of drug-likeness (QED) is 0.256. The number of sulfonamides is 1. The molecule has 3 rings (SSSR count). The van der Waals surface area contributed by atoms with Crippen LogP contribution in [0, 0.1) is 13.8 Å². The molecule has 3 aromatic rings. The molecule has 1 unspecified atom stereocenters. The second-order valence-electron chi connectivity index (χ2n) is 10.7. The summed E-state index contributed by atoms with van der Waals surface area (Å²) in [4.78, 5) is 29.1. The number of carbonyl (C=O) groups is 2. The number of anilines is 1. The molecule has 0 aromatic heterocycles. The van der Waals surface area contributed by atoms with Crippen LogP contribution >= 0.6 is 15.9 Å². The molecule has 9 heteroatoms. The standard InChI is InChI=1S/C32H40BrN3O4S/c1-23(2)34-32(38)30(21-26-11-7-6-8-12-26)35(22-27-13-9-14-28(33)20-27)31(37)15-10-18-36(41(5,39)40)29-19-24(3)16-17-25(29)4/h6-9,11-14,16-17,19-20,23,30H,10,15,18,21-22H2,1-5H3,(H,34,38). The molecular formula is C32H40BrN3O4S. The maximum Gasteiger partial charge on any atom is 0.243 e. The second kappa shape index (κ2) is 14.6. The van der Waals surface area contributed by atoms with Gasteiger partial charge in [0, 0.05) is 36.4 Å². The summed E-state index contributed by atoms with van der Waals surface area (Å²) in [5.41, 5.74) is 4.24. The molecule has 0 bridgehead atoms. The summed E-state index contributed by atoms with van der Waals surface area (Å²) >= 11 is 3.51. The largest absolute Gasteiger partial charge is 0.352 e. The highest BCUT2D eigenvalue weighted by atomic mass is 79.9. The molecule has 41 heavy (non-hydrogen) atoms. The number of nitrogens with one attached hydrogen (secondary N) is 1. The van der Waals surface area contributed by atoms with Crippen LogP contribution in [0.1, 0.15) is 48.9 Å². The van der Waals surface area contributed by atoms with Crippen molar-refractivity contribution in [2.45, 2.75) is 65.6 Å². The SMILES string of the molecule is Cc1ccc(C)c(N(CCCC(=O)N(Cc2cccc(Br)c2)C(Cc2ccccc2)C(=O)NC(C)C)S(C)(=O)=O)c1. The summed E-state index contributed by atoms with van der Waals surface area (Å²) in [5.74, 6) is -0.431. The first-order chi connectivity index (χ1) is 19.3. The number of aryl methyl sites for hydroxylation is 2. The summed E-state index contributed by atoms with van der Waals surface area (Å²) in [7, 11) is -3.57. The van der Waals surface area contributed by atoms with Crippen LogP contribution < -0.4 is 9.62 Å². The first kappa shape index (κ1) is 32.3. The second-order valence-corrected chi connectivity index (χ2v) is 13.6. The molecule has 0 fully saturated rings. The Bertz CT molecular complexity index is 1440. The van der Waals surface area contributed by atoms with Crippen LogP contribution in [-0.2, 0) is 32.6 Å². The Morgan fingerprint density at radius 1 is 0.927 bits per heavy atom. The zero-order chi connectivity index (χ0) is 30.2. The van der Waals surface area contributed by atoms with E-state index in [0.29, 0.717) is 18.5 Å². The van der Waals surface area contributed by atoms with Gasteiger partial charge < -0.3 is 10.2 Å². The number of halogens is 1. The van der Waals surface area contributed by atoms with E-state index in [1.807, 2.05) is 100 Å². The fourth-order valence-electron chi connectivity index (χ4n) is 4.74. The molecule has 2 amide bonds. The van der Waals surface area contributed by atoms with E-state index >= 15 is 0 Å². The van der Waals surface area contributed by atoms with Crippen molar-refractivity contribution in [1.29, 1.82) is 0 Å². The molecule has 3 aromatic carbocycles. The molecule has 0 aliphatic heterocycles. The fraction of sp³-hybridized carbons (Fsp3) is 0.375. The van der Waals surface area contributed by atoms with E-state index in [9.17, 15) is 18.0 Å². The monoisotopic (exact) mass is 641 g/mol. The van der Waals surface area contributed by atoms with Crippen molar-refractivity contribution in [3.8, 4) is 0 Å². The summed E-state index contributed by atoms with van der Waals surface area (Å²) in [6.07, 6.45) is 1.93. The summed E-state index contributed by atoms with van der Waals surface area (Å²) < 4.78 is 27.8. The van der Waals surface area contributed by atoms with E-state index < -0.39 is 16.1 Å². The van der Waals surface area contributed by atoms with Gasteiger partial charge in [-0.25, -0.2) is 8.42 Å². The average Bonchev–Trinajstić information content (AvgIpc) is 2.89. The van der Waals surface area contributed by atoms with Gasteiger partial charge in [0.2, 0.25) is 21.8 Å².